The van der Waals surface area contributed by atoms with Crippen LogP contribution >= 0.6 is 0 Å². The Morgan fingerprint density at radius 3 is 2.94 bits per heavy atom. The summed E-state index contributed by atoms with van der Waals surface area (Å²) in [5, 5.41) is 10.9. The molecule has 1 aliphatic heterocycles. The lowest BCUT2D eigenvalue weighted by atomic mass is 9.50. The zero-order chi connectivity index (χ0) is 12.5. The molecule has 1 aromatic carbocycles. The molecule has 0 spiro atoms. The van der Waals surface area contributed by atoms with Crippen molar-refractivity contribution in [3.8, 4) is 0 Å². The van der Waals surface area contributed by atoms with Crippen LogP contribution < -0.4 is 4.90 Å². The third kappa shape index (κ3) is 0.948. The van der Waals surface area contributed by atoms with E-state index in [9.17, 15) is 9.90 Å². The first-order valence-corrected chi connectivity index (χ1v) is 6.75. The van der Waals surface area contributed by atoms with Crippen LogP contribution in [0.4, 0.5) is 5.69 Å². The molecule has 94 valence electrons. The second-order valence-electron chi connectivity index (χ2n) is 5.93. The largest absolute Gasteiger partial charge is 0.379 e. The average Bonchev–Trinajstić information content (AvgIpc) is 2.81. The maximum absolute atomic E-state index is 12.5. The number of fused-ring (bicyclic) bond motifs is 6. The maximum Gasteiger partial charge on any atom is 0.259 e. The van der Waals surface area contributed by atoms with E-state index >= 15 is 0 Å². The van der Waals surface area contributed by atoms with E-state index in [0.29, 0.717) is 5.92 Å². The SMILES string of the molecule is CN1C(=O)[C@@]2(O)[C@@H]3CCC[C@@H]3[C@H]2c2ccccc21. The van der Waals surface area contributed by atoms with Crippen LogP contribution in [0, 0.1) is 11.8 Å². The van der Waals surface area contributed by atoms with Gasteiger partial charge < -0.3 is 10.0 Å². The van der Waals surface area contributed by atoms with Crippen LogP contribution in [0.15, 0.2) is 24.3 Å². The van der Waals surface area contributed by atoms with Crippen molar-refractivity contribution in [1.82, 2.24) is 0 Å². The zero-order valence-corrected chi connectivity index (χ0v) is 10.5. The van der Waals surface area contributed by atoms with Gasteiger partial charge >= 0.3 is 0 Å². The van der Waals surface area contributed by atoms with E-state index in [1.54, 1.807) is 11.9 Å². The quantitative estimate of drug-likeness (QED) is 0.756. The van der Waals surface area contributed by atoms with Gasteiger partial charge in [0.15, 0.2) is 5.60 Å². The predicted octanol–water partition coefficient (Wildman–Crippen LogP) is 1.91. The highest BCUT2D eigenvalue weighted by atomic mass is 16.3. The van der Waals surface area contributed by atoms with E-state index in [1.165, 1.54) is 0 Å². The number of rotatable bonds is 0. The third-order valence-electron chi connectivity index (χ3n) is 5.32. The molecule has 0 saturated heterocycles. The molecule has 4 rings (SSSR count). The number of hydrogen-bond donors (Lipinski definition) is 1. The lowest BCUT2D eigenvalue weighted by Crippen LogP contribution is -2.69. The van der Waals surface area contributed by atoms with Crippen LogP contribution in [0.1, 0.15) is 30.7 Å². The van der Waals surface area contributed by atoms with Gasteiger partial charge in [0.05, 0.1) is 0 Å². The number of hydrogen-bond acceptors (Lipinski definition) is 2. The molecule has 1 aromatic rings. The standard InChI is InChI=1S/C15H17NO2/c1-16-12-8-3-2-5-10(12)13-9-6-4-7-11(9)15(13,18)14(16)17/h2-3,5,8-9,11,13,18H,4,6-7H2,1H3/t9-,11+,13-,15+/m0/s1. The van der Waals surface area contributed by atoms with Gasteiger partial charge in [-0.15, -0.1) is 0 Å². The maximum atomic E-state index is 12.5. The summed E-state index contributed by atoms with van der Waals surface area (Å²) in [7, 11) is 1.78. The number of benzene rings is 1. The van der Waals surface area contributed by atoms with Crippen LogP contribution in [0.2, 0.25) is 0 Å². The first-order valence-electron chi connectivity index (χ1n) is 6.75. The topological polar surface area (TPSA) is 40.5 Å². The van der Waals surface area contributed by atoms with E-state index < -0.39 is 5.60 Å². The molecule has 4 atom stereocenters. The second-order valence-corrected chi connectivity index (χ2v) is 5.93. The summed E-state index contributed by atoms with van der Waals surface area (Å²) in [6.45, 7) is 0. The molecule has 0 bridgehead atoms. The molecule has 0 unspecified atom stereocenters. The van der Waals surface area contributed by atoms with Crippen molar-refractivity contribution in [3.63, 3.8) is 0 Å². The smallest absolute Gasteiger partial charge is 0.259 e. The van der Waals surface area contributed by atoms with E-state index in [2.05, 4.69) is 6.07 Å². The lowest BCUT2D eigenvalue weighted by molar-refractivity contribution is -0.177. The molecule has 3 nitrogen and oxygen atoms in total. The van der Waals surface area contributed by atoms with Crippen molar-refractivity contribution in [1.29, 1.82) is 0 Å². The van der Waals surface area contributed by atoms with Gasteiger partial charge in [-0.25, -0.2) is 0 Å². The molecule has 1 amide bonds. The van der Waals surface area contributed by atoms with Gasteiger partial charge in [0.25, 0.3) is 5.91 Å². The minimum Gasteiger partial charge on any atom is -0.379 e. The Balaban J connectivity index is 1.92. The van der Waals surface area contributed by atoms with Crippen LogP contribution in [-0.4, -0.2) is 23.7 Å². The zero-order valence-electron chi connectivity index (χ0n) is 10.5. The Labute approximate surface area is 106 Å². The van der Waals surface area contributed by atoms with Gasteiger partial charge in [-0.05, 0) is 30.4 Å². The normalized spacial score (nSPS) is 40.9. The fourth-order valence-electron chi connectivity index (χ4n) is 4.57. The van der Waals surface area contributed by atoms with Crippen molar-refractivity contribution in [2.45, 2.75) is 30.8 Å². The second kappa shape index (κ2) is 3.15. The Kier molecular flexibility index (Phi) is 1.85. The summed E-state index contributed by atoms with van der Waals surface area (Å²) in [6.07, 6.45) is 3.30. The first kappa shape index (κ1) is 10.6. The highest BCUT2D eigenvalue weighted by Crippen LogP contribution is 2.65. The summed E-state index contributed by atoms with van der Waals surface area (Å²) < 4.78 is 0. The van der Waals surface area contributed by atoms with Gasteiger partial charge in [0.2, 0.25) is 0 Å². The van der Waals surface area contributed by atoms with Crippen molar-refractivity contribution < 1.29 is 9.90 Å². The number of likely N-dealkylation sites (N-methyl/N-ethyl adjacent to an activating group) is 1. The summed E-state index contributed by atoms with van der Waals surface area (Å²) >= 11 is 0. The number of carbonyl (C=O) groups is 1. The van der Waals surface area contributed by atoms with E-state index in [4.69, 9.17) is 0 Å². The molecule has 18 heavy (non-hydrogen) atoms. The van der Waals surface area contributed by atoms with Gasteiger partial charge in [-0.3, -0.25) is 4.79 Å². The Morgan fingerprint density at radius 1 is 1.33 bits per heavy atom. The van der Waals surface area contributed by atoms with Gasteiger partial charge in [-0.2, -0.15) is 0 Å². The molecular formula is C15H17NO2. The highest BCUT2D eigenvalue weighted by Gasteiger charge is 2.69. The van der Waals surface area contributed by atoms with Crippen molar-refractivity contribution in [3.05, 3.63) is 29.8 Å². The molecule has 1 N–H and O–H groups in total. The van der Waals surface area contributed by atoms with E-state index in [0.717, 1.165) is 30.5 Å². The molecule has 3 heteroatoms. The van der Waals surface area contributed by atoms with Gasteiger partial charge in [0, 0.05) is 24.6 Å². The molecule has 2 fully saturated rings. The predicted molar refractivity (Wildman–Crippen MR) is 68.4 cm³/mol. The van der Waals surface area contributed by atoms with Crippen molar-refractivity contribution in [2.75, 3.05) is 11.9 Å². The molecule has 1 heterocycles. The monoisotopic (exact) mass is 243 g/mol. The number of anilines is 1. The molecule has 0 radical (unpaired) electrons. The molecule has 2 aliphatic carbocycles. The first-order chi connectivity index (χ1) is 8.65. The number of carbonyl (C=O) groups excluding carboxylic acids is 1. The average molecular weight is 243 g/mol. The molecule has 2 saturated carbocycles. The third-order valence-corrected chi connectivity index (χ3v) is 5.32. The van der Waals surface area contributed by atoms with E-state index in [-0.39, 0.29) is 17.7 Å². The molecule has 0 aromatic heterocycles. The number of amides is 1. The Hall–Kier alpha value is -1.35. The molecular weight excluding hydrogens is 226 g/mol. The van der Waals surface area contributed by atoms with Crippen molar-refractivity contribution in [2.24, 2.45) is 11.8 Å². The number of nitrogens with zero attached hydrogens (tertiary/aromatic N) is 1. The minimum absolute atomic E-state index is 0.0323. The van der Waals surface area contributed by atoms with E-state index in [1.807, 2.05) is 18.2 Å². The van der Waals surface area contributed by atoms with Crippen LogP contribution in [0.5, 0.6) is 0 Å². The van der Waals surface area contributed by atoms with Gasteiger partial charge in [0.1, 0.15) is 0 Å². The highest BCUT2D eigenvalue weighted by molar-refractivity contribution is 6.04. The van der Waals surface area contributed by atoms with Gasteiger partial charge in [-0.1, -0.05) is 24.6 Å². The fraction of sp³-hybridized carbons (Fsp3) is 0.533. The summed E-state index contributed by atoms with van der Waals surface area (Å²) in [4.78, 5) is 14.1. The summed E-state index contributed by atoms with van der Waals surface area (Å²) in [6, 6.07) is 8.01. The van der Waals surface area contributed by atoms with Crippen LogP contribution in [0.25, 0.3) is 0 Å². The lowest BCUT2D eigenvalue weighted by Gasteiger charge is -2.59. The van der Waals surface area contributed by atoms with Crippen LogP contribution in [0.3, 0.4) is 0 Å². The Bertz CT molecular complexity index is 541. The number of aliphatic hydroxyl groups is 1. The summed E-state index contributed by atoms with van der Waals surface area (Å²) in [5.74, 6) is 0.624. The minimum atomic E-state index is -1.12. The number of para-hydroxylation sites is 1. The molecule has 3 aliphatic rings. The summed E-state index contributed by atoms with van der Waals surface area (Å²) in [5.41, 5.74) is 1.01. The fourth-order valence-corrected chi connectivity index (χ4v) is 4.57. The Morgan fingerprint density at radius 2 is 2.11 bits per heavy atom. The van der Waals surface area contributed by atoms with Crippen molar-refractivity contribution >= 4 is 11.6 Å². The van der Waals surface area contributed by atoms with Crippen LogP contribution in [-0.2, 0) is 4.79 Å².